The van der Waals surface area contributed by atoms with E-state index in [4.69, 9.17) is 4.74 Å². The average molecular weight is 235 g/mol. The van der Waals surface area contributed by atoms with E-state index in [9.17, 15) is 4.79 Å². The first-order chi connectivity index (χ1) is 8.20. The Morgan fingerprint density at radius 2 is 2.35 bits per heavy atom. The molecule has 1 aliphatic rings. The van der Waals surface area contributed by atoms with Crippen molar-refractivity contribution in [1.82, 2.24) is 10.3 Å². The number of methoxy groups -OCH3 is 1. The van der Waals surface area contributed by atoms with E-state index < -0.39 is 0 Å². The number of rotatable bonds is 3. The Hall–Kier alpha value is -1.62. The van der Waals surface area contributed by atoms with Crippen molar-refractivity contribution in [2.75, 3.05) is 25.5 Å². The zero-order valence-corrected chi connectivity index (χ0v) is 10.1. The van der Waals surface area contributed by atoms with E-state index in [1.54, 1.807) is 25.4 Å². The van der Waals surface area contributed by atoms with Crippen molar-refractivity contribution in [2.24, 2.45) is 11.8 Å². The molecule has 2 atom stereocenters. The van der Waals surface area contributed by atoms with Gasteiger partial charge in [0.2, 0.25) is 11.8 Å². The number of nitrogens with zero attached hydrogens (tertiary/aromatic N) is 1. The van der Waals surface area contributed by atoms with Crippen LogP contribution in [0, 0.1) is 11.8 Å². The Morgan fingerprint density at radius 1 is 1.53 bits per heavy atom. The Kier molecular flexibility index (Phi) is 3.58. The zero-order valence-electron chi connectivity index (χ0n) is 10.1. The fourth-order valence-corrected chi connectivity index (χ4v) is 1.97. The van der Waals surface area contributed by atoms with Gasteiger partial charge < -0.3 is 15.4 Å². The molecular weight excluding hydrogens is 218 g/mol. The molecule has 0 bridgehead atoms. The minimum atomic E-state index is 0.0390. The number of ether oxygens (including phenoxy) is 1. The number of carbonyl (C=O) groups excluding carboxylic acids is 1. The van der Waals surface area contributed by atoms with Gasteiger partial charge in [-0.15, -0.1) is 0 Å². The molecule has 0 aliphatic carbocycles. The quantitative estimate of drug-likeness (QED) is 0.816. The minimum absolute atomic E-state index is 0.0390. The highest BCUT2D eigenvalue weighted by atomic mass is 16.5. The maximum absolute atomic E-state index is 12.0. The van der Waals surface area contributed by atoms with Crippen molar-refractivity contribution in [3.8, 4) is 5.88 Å². The van der Waals surface area contributed by atoms with E-state index in [1.807, 2.05) is 0 Å². The van der Waals surface area contributed by atoms with E-state index >= 15 is 0 Å². The molecule has 0 spiro atoms. The van der Waals surface area contributed by atoms with E-state index in [0.29, 0.717) is 17.5 Å². The van der Waals surface area contributed by atoms with Crippen LogP contribution in [0.4, 0.5) is 5.69 Å². The number of pyridine rings is 1. The highest BCUT2D eigenvalue weighted by Crippen LogP contribution is 2.18. The molecule has 92 valence electrons. The first-order valence-electron chi connectivity index (χ1n) is 5.72. The van der Waals surface area contributed by atoms with Gasteiger partial charge in [-0.1, -0.05) is 6.92 Å². The number of hydrogen-bond acceptors (Lipinski definition) is 4. The standard InChI is InChI=1S/C12H17N3O2/c1-8-5-13-7-10(8)12(16)15-9-3-4-11(17-2)14-6-9/h3-4,6,8,10,13H,5,7H2,1-2H3,(H,15,16). The molecule has 1 aromatic rings. The third-order valence-electron chi connectivity index (χ3n) is 3.07. The summed E-state index contributed by atoms with van der Waals surface area (Å²) < 4.78 is 4.96. The smallest absolute Gasteiger partial charge is 0.229 e. The Labute approximate surface area is 101 Å². The van der Waals surface area contributed by atoms with Crippen LogP contribution in [0.1, 0.15) is 6.92 Å². The topological polar surface area (TPSA) is 63.2 Å². The third-order valence-corrected chi connectivity index (χ3v) is 3.07. The summed E-state index contributed by atoms with van der Waals surface area (Å²) in [6, 6.07) is 3.52. The molecule has 2 unspecified atom stereocenters. The number of carbonyl (C=O) groups is 1. The molecule has 2 rings (SSSR count). The van der Waals surface area contributed by atoms with Crippen molar-refractivity contribution >= 4 is 11.6 Å². The van der Waals surface area contributed by atoms with E-state index in [0.717, 1.165) is 13.1 Å². The minimum Gasteiger partial charge on any atom is -0.481 e. The molecule has 0 radical (unpaired) electrons. The third kappa shape index (κ3) is 2.74. The van der Waals surface area contributed by atoms with E-state index in [1.165, 1.54) is 0 Å². The van der Waals surface area contributed by atoms with Crippen molar-refractivity contribution in [2.45, 2.75) is 6.92 Å². The predicted octanol–water partition coefficient (Wildman–Crippen LogP) is 0.884. The molecule has 5 nitrogen and oxygen atoms in total. The van der Waals surface area contributed by atoms with Gasteiger partial charge in [0.15, 0.2) is 0 Å². The van der Waals surface area contributed by atoms with Gasteiger partial charge in [-0.3, -0.25) is 4.79 Å². The van der Waals surface area contributed by atoms with Crippen LogP contribution >= 0.6 is 0 Å². The summed E-state index contributed by atoms with van der Waals surface area (Å²) in [7, 11) is 1.56. The largest absolute Gasteiger partial charge is 0.481 e. The summed E-state index contributed by atoms with van der Waals surface area (Å²) >= 11 is 0. The monoisotopic (exact) mass is 235 g/mol. The van der Waals surface area contributed by atoms with Crippen LogP contribution < -0.4 is 15.4 Å². The molecule has 0 aromatic carbocycles. The highest BCUT2D eigenvalue weighted by Gasteiger charge is 2.29. The predicted molar refractivity (Wildman–Crippen MR) is 64.9 cm³/mol. The SMILES string of the molecule is COc1ccc(NC(=O)C2CNCC2C)cn1. The van der Waals surface area contributed by atoms with Gasteiger partial charge >= 0.3 is 0 Å². The fraction of sp³-hybridized carbons (Fsp3) is 0.500. The Balaban J connectivity index is 1.97. The summed E-state index contributed by atoms with van der Waals surface area (Å²) in [5.74, 6) is 1.01. The molecule has 1 amide bonds. The van der Waals surface area contributed by atoms with Gasteiger partial charge in [0.05, 0.1) is 24.9 Å². The van der Waals surface area contributed by atoms with Gasteiger partial charge in [0.25, 0.3) is 0 Å². The van der Waals surface area contributed by atoms with Crippen LogP contribution in [-0.2, 0) is 4.79 Å². The second-order valence-corrected chi connectivity index (χ2v) is 4.32. The molecular formula is C12H17N3O2. The Morgan fingerprint density at radius 3 is 2.88 bits per heavy atom. The number of hydrogen-bond donors (Lipinski definition) is 2. The number of aromatic nitrogens is 1. The van der Waals surface area contributed by atoms with Gasteiger partial charge in [-0.05, 0) is 18.5 Å². The molecule has 17 heavy (non-hydrogen) atoms. The second-order valence-electron chi connectivity index (χ2n) is 4.32. The first-order valence-corrected chi connectivity index (χ1v) is 5.72. The fourth-order valence-electron chi connectivity index (χ4n) is 1.97. The second kappa shape index (κ2) is 5.14. The molecule has 5 heteroatoms. The van der Waals surface area contributed by atoms with Crippen molar-refractivity contribution in [1.29, 1.82) is 0 Å². The molecule has 1 aliphatic heterocycles. The van der Waals surface area contributed by atoms with Gasteiger partial charge in [0.1, 0.15) is 0 Å². The van der Waals surface area contributed by atoms with Crippen LogP contribution in [0.15, 0.2) is 18.3 Å². The molecule has 1 saturated heterocycles. The molecule has 1 fully saturated rings. The van der Waals surface area contributed by atoms with Crippen molar-refractivity contribution in [3.05, 3.63) is 18.3 Å². The Bertz CT molecular complexity index is 391. The lowest BCUT2D eigenvalue weighted by Gasteiger charge is -2.14. The summed E-state index contributed by atoms with van der Waals surface area (Å²) in [6.45, 7) is 3.73. The lowest BCUT2D eigenvalue weighted by molar-refractivity contribution is -0.120. The molecule has 2 N–H and O–H groups in total. The number of anilines is 1. The lowest BCUT2D eigenvalue weighted by atomic mass is 9.97. The van der Waals surface area contributed by atoms with E-state index in [-0.39, 0.29) is 11.8 Å². The van der Waals surface area contributed by atoms with Gasteiger partial charge in [-0.2, -0.15) is 0 Å². The van der Waals surface area contributed by atoms with E-state index in [2.05, 4.69) is 22.5 Å². The van der Waals surface area contributed by atoms with Crippen LogP contribution in [0.25, 0.3) is 0 Å². The first kappa shape index (κ1) is 11.9. The summed E-state index contributed by atoms with van der Waals surface area (Å²) in [5.41, 5.74) is 0.704. The van der Waals surface area contributed by atoms with Crippen LogP contribution in [0.3, 0.4) is 0 Å². The molecule has 0 saturated carbocycles. The van der Waals surface area contributed by atoms with Crippen LogP contribution in [-0.4, -0.2) is 31.1 Å². The van der Waals surface area contributed by atoms with Gasteiger partial charge in [0, 0.05) is 12.6 Å². The zero-order chi connectivity index (χ0) is 12.3. The lowest BCUT2D eigenvalue weighted by Crippen LogP contribution is -2.27. The summed E-state index contributed by atoms with van der Waals surface area (Å²) in [5, 5.41) is 6.08. The normalized spacial score (nSPS) is 23.4. The van der Waals surface area contributed by atoms with Crippen LogP contribution in [0.2, 0.25) is 0 Å². The highest BCUT2D eigenvalue weighted by molar-refractivity contribution is 5.92. The van der Waals surface area contributed by atoms with Crippen LogP contribution in [0.5, 0.6) is 5.88 Å². The molecule has 2 heterocycles. The van der Waals surface area contributed by atoms with Crippen molar-refractivity contribution in [3.63, 3.8) is 0 Å². The maximum Gasteiger partial charge on any atom is 0.229 e. The average Bonchev–Trinajstić information content (AvgIpc) is 2.76. The number of amides is 1. The van der Waals surface area contributed by atoms with Gasteiger partial charge in [-0.25, -0.2) is 4.98 Å². The summed E-state index contributed by atoms with van der Waals surface area (Å²) in [4.78, 5) is 16.0. The summed E-state index contributed by atoms with van der Waals surface area (Å²) in [6.07, 6.45) is 1.60. The number of nitrogens with one attached hydrogen (secondary N) is 2. The molecule has 1 aromatic heterocycles. The van der Waals surface area contributed by atoms with Crippen molar-refractivity contribution < 1.29 is 9.53 Å². The maximum atomic E-state index is 12.0.